The highest BCUT2D eigenvalue weighted by atomic mass is 35.5. The van der Waals surface area contributed by atoms with Crippen molar-refractivity contribution < 1.29 is 19.4 Å². The van der Waals surface area contributed by atoms with Crippen molar-refractivity contribution in [2.24, 2.45) is 0 Å². The zero-order valence-corrected chi connectivity index (χ0v) is 14.8. The topological polar surface area (TPSA) is 88.5 Å². The van der Waals surface area contributed by atoms with Gasteiger partial charge in [0.1, 0.15) is 0 Å². The van der Waals surface area contributed by atoms with Crippen LogP contribution in [0.4, 0.5) is 5.69 Å². The molecule has 3 aromatic rings. The maximum Gasteiger partial charge on any atom is 0.337 e. The summed E-state index contributed by atoms with van der Waals surface area (Å²) in [5, 5.41) is 12.3. The molecule has 2 aromatic carbocycles. The second-order valence-electron chi connectivity index (χ2n) is 5.55. The van der Waals surface area contributed by atoms with Crippen LogP contribution in [0.15, 0.2) is 66.9 Å². The summed E-state index contributed by atoms with van der Waals surface area (Å²) in [6.07, 6.45) is 1.61. The van der Waals surface area contributed by atoms with E-state index in [2.05, 4.69) is 10.3 Å². The van der Waals surface area contributed by atoms with E-state index in [0.717, 1.165) is 11.1 Å². The number of carbonyl (C=O) groups excluding carboxylic acids is 1. The number of rotatable bonds is 6. The molecule has 0 aliphatic heterocycles. The van der Waals surface area contributed by atoms with E-state index in [9.17, 15) is 9.59 Å². The Morgan fingerprint density at radius 2 is 1.78 bits per heavy atom. The van der Waals surface area contributed by atoms with E-state index < -0.39 is 11.9 Å². The van der Waals surface area contributed by atoms with E-state index in [1.165, 1.54) is 12.1 Å². The molecule has 1 aromatic heterocycles. The van der Waals surface area contributed by atoms with E-state index in [1.807, 2.05) is 18.2 Å². The Bertz CT molecular complexity index is 974. The Morgan fingerprint density at radius 1 is 1.04 bits per heavy atom. The molecule has 0 spiro atoms. The molecular weight excluding hydrogens is 368 g/mol. The van der Waals surface area contributed by atoms with Gasteiger partial charge < -0.3 is 15.2 Å². The number of hydrogen-bond acceptors (Lipinski definition) is 4. The number of pyridine rings is 1. The number of aromatic nitrogens is 1. The van der Waals surface area contributed by atoms with Crippen LogP contribution in [-0.4, -0.2) is 28.6 Å². The number of ether oxygens (including phenoxy) is 1. The van der Waals surface area contributed by atoms with Gasteiger partial charge in [-0.2, -0.15) is 0 Å². The molecule has 0 aliphatic rings. The largest absolute Gasteiger partial charge is 0.478 e. The molecule has 6 nitrogen and oxygen atoms in total. The first-order valence-corrected chi connectivity index (χ1v) is 8.38. The number of nitrogens with one attached hydrogen (secondary N) is 1. The Kier molecular flexibility index (Phi) is 5.68. The number of nitrogens with zero attached hydrogens (tertiary/aromatic N) is 1. The number of carbonyl (C=O) groups is 2. The molecule has 2 N–H and O–H groups in total. The summed E-state index contributed by atoms with van der Waals surface area (Å²) in [5.74, 6) is -1.34. The van der Waals surface area contributed by atoms with Crippen molar-refractivity contribution >= 4 is 29.2 Å². The Morgan fingerprint density at radius 3 is 2.48 bits per heavy atom. The molecular formula is C20H15ClN2O4. The fraction of sp³-hybridized carbons (Fsp3) is 0.0500. The van der Waals surface area contributed by atoms with Gasteiger partial charge in [0.2, 0.25) is 5.88 Å². The van der Waals surface area contributed by atoms with Crippen LogP contribution in [0.3, 0.4) is 0 Å². The third kappa shape index (κ3) is 4.62. The van der Waals surface area contributed by atoms with Gasteiger partial charge in [-0.15, -0.1) is 0 Å². The van der Waals surface area contributed by atoms with Crippen molar-refractivity contribution in [2.75, 3.05) is 11.9 Å². The predicted octanol–water partition coefficient (Wildman–Crippen LogP) is 4.12. The molecule has 0 bridgehead atoms. The molecule has 7 heteroatoms. The third-order valence-electron chi connectivity index (χ3n) is 3.70. The normalized spacial score (nSPS) is 10.3. The highest BCUT2D eigenvalue weighted by Crippen LogP contribution is 2.27. The second-order valence-corrected chi connectivity index (χ2v) is 5.96. The van der Waals surface area contributed by atoms with Gasteiger partial charge >= 0.3 is 5.97 Å². The third-order valence-corrected chi connectivity index (χ3v) is 4.03. The number of amides is 1. The standard InChI is InChI=1S/C20H15ClN2O4/c21-16-7-3-1-5-14(16)13-9-10-19(22-11-13)27-12-18(24)23-17-8-4-2-6-15(17)20(25)26/h1-11H,12H2,(H,23,24)(H,25,26). The Balaban J connectivity index is 1.61. The molecule has 27 heavy (non-hydrogen) atoms. The molecule has 0 aliphatic carbocycles. The van der Waals surface area contributed by atoms with Gasteiger partial charge in [-0.1, -0.05) is 41.9 Å². The lowest BCUT2D eigenvalue weighted by atomic mass is 10.1. The van der Waals surface area contributed by atoms with Crippen LogP contribution >= 0.6 is 11.6 Å². The quantitative estimate of drug-likeness (QED) is 0.669. The minimum absolute atomic E-state index is 0.00747. The molecule has 0 saturated carbocycles. The molecule has 1 amide bonds. The maximum atomic E-state index is 12.0. The number of benzene rings is 2. The molecule has 0 radical (unpaired) electrons. The molecule has 0 fully saturated rings. The van der Waals surface area contributed by atoms with Crippen LogP contribution in [0.2, 0.25) is 5.02 Å². The number of hydrogen-bond donors (Lipinski definition) is 2. The van der Waals surface area contributed by atoms with Crippen LogP contribution < -0.4 is 10.1 Å². The summed E-state index contributed by atoms with van der Waals surface area (Å²) in [6, 6.07) is 17.0. The zero-order chi connectivity index (χ0) is 19.2. The maximum absolute atomic E-state index is 12.0. The summed E-state index contributed by atoms with van der Waals surface area (Å²) in [5.41, 5.74) is 1.89. The molecule has 3 rings (SSSR count). The number of para-hydroxylation sites is 1. The minimum atomic E-state index is -1.12. The second kappa shape index (κ2) is 8.33. The summed E-state index contributed by atoms with van der Waals surface area (Å²) >= 11 is 6.16. The van der Waals surface area contributed by atoms with E-state index in [4.69, 9.17) is 21.4 Å². The predicted molar refractivity (Wildman–Crippen MR) is 102 cm³/mol. The minimum Gasteiger partial charge on any atom is -0.478 e. The molecule has 0 atom stereocenters. The van der Waals surface area contributed by atoms with Gasteiger partial charge in [0.05, 0.1) is 11.3 Å². The smallest absolute Gasteiger partial charge is 0.337 e. The number of carboxylic acid groups (broad SMARTS) is 1. The van der Waals surface area contributed by atoms with Crippen LogP contribution in [0, 0.1) is 0 Å². The fourth-order valence-corrected chi connectivity index (χ4v) is 2.67. The molecule has 0 unspecified atom stereocenters. The lowest BCUT2D eigenvalue weighted by molar-refractivity contribution is -0.118. The van der Waals surface area contributed by atoms with Crippen molar-refractivity contribution in [2.45, 2.75) is 0 Å². The van der Waals surface area contributed by atoms with E-state index >= 15 is 0 Å². The first-order chi connectivity index (χ1) is 13.0. The zero-order valence-electron chi connectivity index (χ0n) is 14.1. The monoisotopic (exact) mass is 382 g/mol. The van der Waals surface area contributed by atoms with Gasteiger partial charge in [-0.05, 0) is 24.3 Å². The molecule has 1 heterocycles. The van der Waals surface area contributed by atoms with Crippen LogP contribution in [0.5, 0.6) is 5.88 Å². The summed E-state index contributed by atoms with van der Waals surface area (Å²) < 4.78 is 5.36. The SMILES string of the molecule is O=C(COc1ccc(-c2ccccc2Cl)cn1)Nc1ccccc1C(=O)O. The van der Waals surface area contributed by atoms with E-state index in [-0.39, 0.29) is 23.7 Å². The number of aromatic carboxylic acids is 1. The van der Waals surface area contributed by atoms with Gasteiger partial charge in [0, 0.05) is 28.4 Å². The van der Waals surface area contributed by atoms with Crippen molar-refractivity contribution in [3.05, 3.63) is 77.4 Å². The highest BCUT2D eigenvalue weighted by molar-refractivity contribution is 6.33. The van der Waals surface area contributed by atoms with Crippen LogP contribution in [0.1, 0.15) is 10.4 Å². The summed E-state index contributed by atoms with van der Waals surface area (Å²) in [6.45, 7) is -0.299. The van der Waals surface area contributed by atoms with Crippen LogP contribution in [0.25, 0.3) is 11.1 Å². The number of halogens is 1. The van der Waals surface area contributed by atoms with Crippen molar-refractivity contribution in [3.8, 4) is 17.0 Å². The number of anilines is 1. The Hall–Kier alpha value is -3.38. The first-order valence-electron chi connectivity index (χ1n) is 8.00. The van der Waals surface area contributed by atoms with Gasteiger partial charge in [0.25, 0.3) is 5.91 Å². The highest BCUT2D eigenvalue weighted by Gasteiger charge is 2.12. The van der Waals surface area contributed by atoms with Crippen LogP contribution in [-0.2, 0) is 4.79 Å². The lowest BCUT2D eigenvalue weighted by Crippen LogP contribution is -2.21. The first kappa shape index (κ1) is 18.4. The van der Waals surface area contributed by atoms with Crippen molar-refractivity contribution in [1.29, 1.82) is 0 Å². The molecule has 0 saturated heterocycles. The van der Waals surface area contributed by atoms with Crippen molar-refractivity contribution in [1.82, 2.24) is 4.98 Å². The molecule has 136 valence electrons. The average Bonchev–Trinajstić information content (AvgIpc) is 2.67. The fourth-order valence-electron chi connectivity index (χ4n) is 2.42. The Labute approximate surface area is 160 Å². The lowest BCUT2D eigenvalue weighted by Gasteiger charge is -2.09. The van der Waals surface area contributed by atoms with Gasteiger partial charge in [0.15, 0.2) is 6.61 Å². The van der Waals surface area contributed by atoms with E-state index in [1.54, 1.807) is 36.5 Å². The van der Waals surface area contributed by atoms with E-state index in [0.29, 0.717) is 5.02 Å². The average molecular weight is 383 g/mol. The summed E-state index contributed by atoms with van der Waals surface area (Å²) in [7, 11) is 0. The number of carboxylic acids is 1. The summed E-state index contributed by atoms with van der Waals surface area (Å²) in [4.78, 5) is 27.3. The van der Waals surface area contributed by atoms with Gasteiger partial charge in [-0.3, -0.25) is 4.79 Å². The van der Waals surface area contributed by atoms with Crippen molar-refractivity contribution in [3.63, 3.8) is 0 Å². The van der Waals surface area contributed by atoms with Gasteiger partial charge in [-0.25, -0.2) is 9.78 Å².